The third kappa shape index (κ3) is 2.84. The number of rotatable bonds is 5. The van der Waals surface area contributed by atoms with Crippen LogP contribution in [-0.4, -0.2) is 33.8 Å². The first-order chi connectivity index (χ1) is 9.08. The molecule has 2 rings (SSSR count). The summed E-state index contributed by atoms with van der Waals surface area (Å²) in [4.78, 5) is 2.60. The van der Waals surface area contributed by atoms with Gasteiger partial charge in [-0.1, -0.05) is 13.3 Å². The van der Waals surface area contributed by atoms with Gasteiger partial charge in [0, 0.05) is 30.9 Å². The van der Waals surface area contributed by atoms with Crippen LogP contribution in [0.3, 0.4) is 0 Å². The second-order valence-corrected chi connectivity index (χ2v) is 5.83. The third-order valence-electron chi connectivity index (χ3n) is 4.82. The lowest BCUT2D eigenvalue weighted by molar-refractivity contribution is 0.161. The molecular formula is C15H28N4. The molecule has 1 aromatic rings. The summed E-state index contributed by atoms with van der Waals surface area (Å²) in [5.74, 6) is 0.678. The molecule has 1 heterocycles. The van der Waals surface area contributed by atoms with Crippen molar-refractivity contribution in [1.82, 2.24) is 14.7 Å². The van der Waals surface area contributed by atoms with Crippen LogP contribution < -0.4 is 5.73 Å². The van der Waals surface area contributed by atoms with E-state index >= 15 is 0 Å². The van der Waals surface area contributed by atoms with E-state index in [0.717, 1.165) is 19.6 Å². The summed E-state index contributed by atoms with van der Waals surface area (Å²) < 4.78 is 1.99. The van der Waals surface area contributed by atoms with Gasteiger partial charge in [-0.3, -0.25) is 9.58 Å². The predicted octanol–water partition coefficient (Wildman–Crippen LogP) is 1.99. The Labute approximate surface area is 117 Å². The number of nitrogens with zero attached hydrogens (tertiary/aromatic N) is 3. The number of hydrogen-bond donors (Lipinski definition) is 1. The van der Waals surface area contributed by atoms with E-state index in [-0.39, 0.29) is 0 Å². The Morgan fingerprint density at radius 2 is 2.11 bits per heavy atom. The van der Waals surface area contributed by atoms with Crippen molar-refractivity contribution in [2.45, 2.75) is 52.6 Å². The zero-order valence-corrected chi connectivity index (χ0v) is 12.8. The molecule has 2 unspecified atom stereocenters. The molecular weight excluding hydrogens is 236 g/mol. The van der Waals surface area contributed by atoms with Crippen LogP contribution in [0.5, 0.6) is 0 Å². The lowest BCUT2D eigenvalue weighted by atomic mass is 10.0. The Bertz CT molecular complexity index is 424. The average Bonchev–Trinajstić information content (AvgIpc) is 2.95. The molecule has 4 heteroatoms. The largest absolute Gasteiger partial charge is 0.330 e. The first kappa shape index (κ1) is 14.5. The fraction of sp³-hybridized carbons (Fsp3) is 0.800. The SMILES string of the molecule is CCN(Cc1c(C)nn(C)c1C)C1CCCC1CN. The summed E-state index contributed by atoms with van der Waals surface area (Å²) >= 11 is 0. The van der Waals surface area contributed by atoms with Gasteiger partial charge in [-0.2, -0.15) is 5.10 Å². The van der Waals surface area contributed by atoms with Gasteiger partial charge in [-0.05, 0) is 45.7 Å². The highest BCUT2D eigenvalue weighted by molar-refractivity contribution is 5.24. The second kappa shape index (κ2) is 6.06. The van der Waals surface area contributed by atoms with Gasteiger partial charge < -0.3 is 5.73 Å². The highest BCUT2D eigenvalue weighted by Crippen LogP contribution is 2.30. The lowest BCUT2D eigenvalue weighted by Crippen LogP contribution is -2.40. The maximum absolute atomic E-state index is 5.93. The molecule has 1 aliphatic carbocycles. The number of aromatic nitrogens is 2. The molecule has 2 atom stereocenters. The maximum atomic E-state index is 5.93. The zero-order chi connectivity index (χ0) is 14.0. The van der Waals surface area contributed by atoms with Crippen LogP contribution in [0.25, 0.3) is 0 Å². The summed E-state index contributed by atoms with van der Waals surface area (Å²) in [6.45, 7) is 9.47. The Balaban J connectivity index is 2.14. The summed E-state index contributed by atoms with van der Waals surface area (Å²) in [6, 6.07) is 0.661. The molecule has 0 saturated heterocycles. The van der Waals surface area contributed by atoms with Gasteiger partial charge in [0.25, 0.3) is 0 Å². The molecule has 108 valence electrons. The summed E-state index contributed by atoms with van der Waals surface area (Å²) in [5.41, 5.74) is 9.78. The first-order valence-electron chi connectivity index (χ1n) is 7.51. The molecule has 2 N–H and O–H groups in total. The molecule has 0 spiro atoms. The smallest absolute Gasteiger partial charge is 0.0641 e. The third-order valence-corrected chi connectivity index (χ3v) is 4.82. The van der Waals surface area contributed by atoms with E-state index in [9.17, 15) is 0 Å². The molecule has 1 saturated carbocycles. The van der Waals surface area contributed by atoms with Gasteiger partial charge in [0.1, 0.15) is 0 Å². The van der Waals surface area contributed by atoms with Gasteiger partial charge in [0.05, 0.1) is 5.69 Å². The van der Waals surface area contributed by atoms with E-state index in [0.29, 0.717) is 12.0 Å². The highest BCUT2D eigenvalue weighted by Gasteiger charge is 2.31. The van der Waals surface area contributed by atoms with E-state index in [4.69, 9.17) is 5.73 Å². The van der Waals surface area contributed by atoms with Crippen molar-refractivity contribution in [2.24, 2.45) is 18.7 Å². The highest BCUT2D eigenvalue weighted by atomic mass is 15.3. The number of hydrogen-bond acceptors (Lipinski definition) is 3. The quantitative estimate of drug-likeness (QED) is 0.884. The van der Waals surface area contributed by atoms with Crippen LogP contribution >= 0.6 is 0 Å². The van der Waals surface area contributed by atoms with Crippen molar-refractivity contribution < 1.29 is 0 Å². The minimum atomic E-state index is 0.661. The molecule has 0 amide bonds. The molecule has 1 fully saturated rings. The molecule has 0 radical (unpaired) electrons. The van der Waals surface area contributed by atoms with Crippen LogP contribution in [0.15, 0.2) is 0 Å². The standard InChI is InChI=1S/C15H28N4/c1-5-19(15-8-6-7-13(15)9-16)10-14-11(2)17-18(4)12(14)3/h13,15H,5-10,16H2,1-4H3. The van der Waals surface area contributed by atoms with Crippen molar-refractivity contribution in [1.29, 1.82) is 0 Å². The second-order valence-electron chi connectivity index (χ2n) is 5.83. The van der Waals surface area contributed by atoms with Gasteiger partial charge in [0.15, 0.2) is 0 Å². The Morgan fingerprint density at radius 1 is 1.37 bits per heavy atom. The normalized spacial score (nSPS) is 23.5. The van der Waals surface area contributed by atoms with E-state index in [2.05, 4.69) is 30.8 Å². The Morgan fingerprint density at radius 3 is 2.63 bits per heavy atom. The van der Waals surface area contributed by atoms with Gasteiger partial charge in [0.2, 0.25) is 0 Å². The topological polar surface area (TPSA) is 47.1 Å². The van der Waals surface area contributed by atoms with Crippen molar-refractivity contribution >= 4 is 0 Å². The van der Waals surface area contributed by atoms with E-state index in [1.807, 2.05) is 11.7 Å². The summed E-state index contributed by atoms with van der Waals surface area (Å²) in [7, 11) is 2.03. The van der Waals surface area contributed by atoms with E-state index in [1.165, 1.54) is 36.2 Å². The van der Waals surface area contributed by atoms with Crippen molar-refractivity contribution in [2.75, 3.05) is 13.1 Å². The summed E-state index contributed by atoms with van der Waals surface area (Å²) in [6.07, 6.45) is 3.92. The predicted molar refractivity (Wildman–Crippen MR) is 78.9 cm³/mol. The van der Waals surface area contributed by atoms with E-state index < -0.39 is 0 Å². The lowest BCUT2D eigenvalue weighted by Gasteiger charge is -2.31. The minimum Gasteiger partial charge on any atom is -0.330 e. The molecule has 19 heavy (non-hydrogen) atoms. The summed E-state index contributed by atoms with van der Waals surface area (Å²) in [5, 5.41) is 4.53. The number of aryl methyl sites for hydroxylation is 2. The van der Waals surface area contributed by atoms with Gasteiger partial charge in [-0.25, -0.2) is 0 Å². The fourth-order valence-electron chi connectivity index (χ4n) is 3.49. The van der Waals surface area contributed by atoms with Crippen molar-refractivity contribution in [3.8, 4) is 0 Å². The molecule has 0 aromatic carbocycles. The van der Waals surface area contributed by atoms with Gasteiger partial charge in [-0.15, -0.1) is 0 Å². The average molecular weight is 264 g/mol. The monoisotopic (exact) mass is 264 g/mol. The van der Waals surface area contributed by atoms with E-state index in [1.54, 1.807) is 0 Å². The van der Waals surface area contributed by atoms with Crippen LogP contribution in [0.1, 0.15) is 43.1 Å². The fourth-order valence-corrected chi connectivity index (χ4v) is 3.49. The van der Waals surface area contributed by atoms with Crippen LogP contribution in [0.2, 0.25) is 0 Å². The maximum Gasteiger partial charge on any atom is 0.0641 e. The molecule has 0 aliphatic heterocycles. The molecule has 0 bridgehead atoms. The van der Waals surface area contributed by atoms with Crippen LogP contribution in [0, 0.1) is 19.8 Å². The van der Waals surface area contributed by atoms with Crippen molar-refractivity contribution in [3.63, 3.8) is 0 Å². The Kier molecular flexibility index (Phi) is 4.63. The van der Waals surface area contributed by atoms with Crippen LogP contribution in [-0.2, 0) is 13.6 Å². The molecule has 1 aromatic heterocycles. The van der Waals surface area contributed by atoms with Crippen molar-refractivity contribution in [3.05, 3.63) is 17.0 Å². The molecule has 1 aliphatic rings. The van der Waals surface area contributed by atoms with Gasteiger partial charge >= 0.3 is 0 Å². The first-order valence-corrected chi connectivity index (χ1v) is 7.51. The van der Waals surface area contributed by atoms with Crippen LogP contribution in [0.4, 0.5) is 0 Å². The Hall–Kier alpha value is -0.870. The number of nitrogens with two attached hydrogens (primary N) is 1. The molecule has 4 nitrogen and oxygen atoms in total. The zero-order valence-electron chi connectivity index (χ0n) is 12.8. The minimum absolute atomic E-state index is 0.661.